The standard InChI is InChI=1S/C17H19ClN2O/c1-12-8-13(2)17(15(18)9-12)20-16(21)11-19-10-14-6-4-3-5-7-14/h3-9,19H,10-11H2,1-2H3,(H,20,21). The van der Waals surface area contributed by atoms with Gasteiger partial charge in [-0.3, -0.25) is 4.79 Å². The number of carbonyl (C=O) groups is 1. The molecular formula is C17H19ClN2O. The third-order valence-electron chi connectivity index (χ3n) is 3.15. The molecule has 3 nitrogen and oxygen atoms in total. The maximum atomic E-state index is 12.0. The predicted molar refractivity (Wildman–Crippen MR) is 87.7 cm³/mol. The molecule has 0 fully saturated rings. The predicted octanol–water partition coefficient (Wildman–Crippen LogP) is 3.69. The number of hydrogen-bond donors (Lipinski definition) is 2. The van der Waals surface area contributed by atoms with Crippen LogP contribution in [-0.4, -0.2) is 12.5 Å². The lowest BCUT2D eigenvalue weighted by Gasteiger charge is -2.12. The molecule has 0 spiro atoms. The average molecular weight is 303 g/mol. The summed E-state index contributed by atoms with van der Waals surface area (Å²) in [6.45, 7) is 4.82. The second kappa shape index (κ2) is 7.25. The fraction of sp³-hybridized carbons (Fsp3) is 0.235. The third kappa shape index (κ3) is 4.59. The Labute approximate surface area is 130 Å². The minimum absolute atomic E-state index is 0.0974. The Morgan fingerprint density at radius 3 is 2.52 bits per heavy atom. The zero-order valence-corrected chi connectivity index (χ0v) is 13.0. The first-order chi connectivity index (χ1) is 10.1. The molecular weight excluding hydrogens is 284 g/mol. The van der Waals surface area contributed by atoms with Crippen LogP contribution < -0.4 is 10.6 Å². The van der Waals surface area contributed by atoms with Gasteiger partial charge in [0.15, 0.2) is 0 Å². The maximum Gasteiger partial charge on any atom is 0.238 e. The molecule has 0 aliphatic rings. The molecule has 0 aliphatic heterocycles. The second-order valence-electron chi connectivity index (χ2n) is 5.08. The van der Waals surface area contributed by atoms with Crippen molar-refractivity contribution in [1.82, 2.24) is 5.32 Å². The van der Waals surface area contributed by atoms with Gasteiger partial charge in [-0.05, 0) is 36.6 Å². The monoisotopic (exact) mass is 302 g/mol. The summed E-state index contributed by atoms with van der Waals surface area (Å²) in [5.74, 6) is -0.0974. The summed E-state index contributed by atoms with van der Waals surface area (Å²) in [6, 6.07) is 13.8. The van der Waals surface area contributed by atoms with Crippen molar-refractivity contribution in [2.45, 2.75) is 20.4 Å². The molecule has 0 heterocycles. The summed E-state index contributed by atoms with van der Waals surface area (Å²) in [7, 11) is 0. The topological polar surface area (TPSA) is 41.1 Å². The van der Waals surface area contributed by atoms with Crippen molar-refractivity contribution in [2.24, 2.45) is 0 Å². The molecule has 0 saturated heterocycles. The van der Waals surface area contributed by atoms with E-state index in [0.717, 1.165) is 16.7 Å². The van der Waals surface area contributed by atoms with E-state index in [0.29, 0.717) is 17.3 Å². The molecule has 0 aliphatic carbocycles. The van der Waals surface area contributed by atoms with E-state index in [-0.39, 0.29) is 12.5 Å². The van der Waals surface area contributed by atoms with Gasteiger partial charge < -0.3 is 10.6 Å². The number of nitrogens with one attached hydrogen (secondary N) is 2. The van der Waals surface area contributed by atoms with E-state index in [1.807, 2.05) is 56.3 Å². The lowest BCUT2D eigenvalue weighted by Crippen LogP contribution is -2.28. The van der Waals surface area contributed by atoms with Gasteiger partial charge in [-0.15, -0.1) is 0 Å². The summed E-state index contributed by atoms with van der Waals surface area (Å²) in [5, 5.41) is 6.55. The van der Waals surface area contributed by atoms with E-state index >= 15 is 0 Å². The van der Waals surface area contributed by atoms with Gasteiger partial charge in [0, 0.05) is 6.54 Å². The Morgan fingerprint density at radius 2 is 1.86 bits per heavy atom. The SMILES string of the molecule is Cc1cc(C)c(NC(=O)CNCc2ccccc2)c(Cl)c1. The van der Waals surface area contributed by atoms with E-state index < -0.39 is 0 Å². The molecule has 2 aromatic carbocycles. The van der Waals surface area contributed by atoms with Crippen LogP contribution in [0.1, 0.15) is 16.7 Å². The van der Waals surface area contributed by atoms with Crippen molar-refractivity contribution in [2.75, 3.05) is 11.9 Å². The van der Waals surface area contributed by atoms with Gasteiger partial charge in [0.05, 0.1) is 17.3 Å². The molecule has 110 valence electrons. The van der Waals surface area contributed by atoms with E-state index in [9.17, 15) is 4.79 Å². The second-order valence-corrected chi connectivity index (χ2v) is 5.48. The summed E-state index contributed by atoms with van der Waals surface area (Å²) >= 11 is 6.17. The van der Waals surface area contributed by atoms with Gasteiger partial charge >= 0.3 is 0 Å². The molecule has 0 bridgehead atoms. The highest BCUT2D eigenvalue weighted by Crippen LogP contribution is 2.27. The molecule has 2 N–H and O–H groups in total. The number of carbonyl (C=O) groups excluding carboxylic acids is 1. The summed E-state index contributed by atoms with van der Waals surface area (Å²) in [4.78, 5) is 12.0. The zero-order valence-electron chi connectivity index (χ0n) is 12.2. The number of hydrogen-bond acceptors (Lipinski definition) is 2. The minimum Gasteiger partial charge on any atom is -0.323 e. The van der Waals surface area contributed by atoms with Crippen LogP contribution in [0.4, 0.5) is 5.69 Å². The van der Waals surface area contributed by atoms with Crippen LogP contribution in [0, 0.1) is 13.8 Å². The van der Waals surface area contributed by atoms with Crippen LogP contribution in [0.25, 0.3) is 0 Å². The number of amides is 1. The minimum atomic E-state index is -0.0974. The van der Waals surface area contributed by atoms with Crippen LogP contribution in [0.5, 0.6) is 0 Å². The fourth-order valence-electron chi connectivity index (χ4n) is 2.17. The van der Waals surface area contributed by atoms with Gasteiger partial charge in [0.1, 0.15) is 0 Å². The quantitative estimate of drug-likeness (QED) is 0.884. The molecule has 2 aromatic rings. The van der Waals surface area contributed by atoms with Gasteiger partial charge in [0.25, 0.3) is 0 Å². The highest BCUT2D eigenvalue weighted by Gasteiger charge is 2.09. The normalized spacial score (nSPS) is 10.4. The van der Waals surface area contributed by atoms with Crippen molar-refractivity contribution in [3.05, 3.63) is 64.2 Å². The van der Waals surface area contributed by atoms with Crippen molar-refractivity contribution in [3.63, 3.8) is 0 Å². The van der Waals surface area contributed by atoms with Gasteiger partial charge in [-0.1, -0.05) is 48.0 Å². The van der Waals surface area contributed by atoms with Crippen molar-refractivity contribution < 1.29 is 4.79 Å². The van der Waals surface area contributed by atoms with Crippen LogP contribution in [0.2, 0.25) is 5.02 Å². The van der Waals surface area contributed by atoms with Crippen LogP contribution in [0.3, 0.4) is 0 Å². The highest BCUT2D eigenvalue weighted by atomic mass is 35.5. The van der Waals surface area contributed by atoms with Crippen molar-refractivity contribution >= 4 is 23.2 Å². The Bertz CT molecular complexity index is 603. The van der Waals surface area contributed by atoms with Crippen molar-refractivity contribution in [1.29, 1.82) is 0 Å². The molecule has 0 saturated carbocycles. The third-order valence-corrected chi connectivity index (χ3v) is 3.45. The Balaban J connectivity index is 1.88. The molecule has 21 heavy (non-hydrogen) atoms. The summed E-state index contributed by atoms with van der Waals surface area (Å²) < 4.78 is 0. The Hall–Kier alpha value is -1.84. The lowest BCUT2D eigenvalue weighted by molar-refractivity contribution is -0.115. The first-order valence-electron chi connectivity index (χ1n) is 6.87. The van der Waals surface area contributed by atoms with Gasteiger partial charge in [-0.2, -0.15) is 0 Å². The van der Waals surface area contributed by atoms with E-state index in [4.69, 9.17) is 11.6 Å². The number of rotatable bonds is 5. The summed E-state index contributed by atoms with van der Waals surface area (Å²) in [5.41, 5.74) is 3.89. The molecule has 0 aromatic heterocycles. The van der Waals surface area contributed by atoms with E-state index in [1.54, 1.807) is 0 Å². The lowest BCUT2D eigenvalue weighted by atomic mass is 10.1. The first-order valence-corrected chi connectivity index (χ1v) is 7.25. The first kappa shape index (κ1) is 15.5. The fourth-order valence-corrected chi connectivity index (χ4v) is 2.54. The van der Waals surface area contributed by atoms with E-state index in [2.05, 4.69) is 10.6 Å². The Kier molecular flexibility index (Phi) is 5.37. The maximum absolute atomic E-state index is 12.0. The van der Waals surface area contributed by atoms with E-state index in [1.165, 1.54) is 0 Å². The number of anilines is 1. The summed E-state index contributed by atoms with van der Waals surface area (Å²) in [6.07, 6.45) is 0. The van der Waals surface area contributed by atoms with Gasteiger partial charge in [0.2, 0.25) is 5.91 Å². The van der Waals surface area contributed by atoms with Crippen molar-refractivity contribution in [3.8, 4) is 0 Å². The van der Waals surface area contributed by atoms with Crippen LogP contribution >= 0.6 is 11.6 Å². The molecule has 0 unspecified atom stereocenters. The number of aryl methyl sites for hydroxylation is 2. The van der Waals surface area contributed by atoms with Gasteiger partial charge in [-0.25, -0.2) is 0 Å². The zero-order chi connectivity index (χ0) is 15.2. The highest BCUT2D eigenvalue weighted by molar-refractivity contribution is 6.34. The molecule has 2 rings (SSSR count). The smallest absolute Gasteiger partial charge is 0.238 e. The van der Waals surface area contributed by atoms with Crippen LogP contribution in [0.15, 0.2) is 42.5 Å². The number of halogens is 1. The van der Waals surface area contributed by atoms with Crippen LogP contribution in [-0.2, 0) is 11.3 Å². The largest absolute Gasteiger partial charge is 0.323 e. The molecule has 0 radical (unpaired) electrons. The average Bonchev–Trinajstić information content (AvgIpc) is 2.44. The molecule has 0 atom stereocenters. The Morgan fingerprint density at radius 1 is 1.14 bits per heavy atom. The molecule has 4 heteroatoms. The molecule has 1 amide bonds. The number of benzene rings is 2.